The standard InChI is InChI=1S/C14H14ClN3S/c1-9-5-4-6-13(16-9)14(17-11(3)15)18-12-7-8-19-10(12)2/h4-8H,1-3H3. The Morgan fingerprint density at radius 3 is 2.63 bits per heavy atom. The van der Waals surface area contributed by atoms with E-state index in [0.717, 1.165) is 22.0 Å². The number of amidine groups is 1. The lowest BCUT2D eigenvalue weighted by atomic mass is 10.3. The van der Waals surface area contributed by atoms with E-state index in [1.165, 1.54) is 0 Å². The first-order valence-electron chi connectivity index (χ1n) is 5.84. The van der Waals surface area contributed by atoms with E-state index in [4.69, 9.17) is 11.6 Å². The average Bonchev–Trinajstić information content (AvgIpc) is 2.74. The molecule has 3 nitrogen and oxygen atoms in total. The zero-order valence-electron chi connectivity index (χ0n) is 11.0. The summed E-state index contributed by atoms with van der Waals surface area (Å²) in [6.07, 6.45) is 0. The Morgan fingerprint density at radius 2 is 2.05 bits per heavy atom. The summed E-state index contributed by atoms with van der Waals surface area (Å²) < 4.78 is 0. The van der Waals surface area contributed by atoms with Crippen molar-refractivity contribution in [1.82, 2.24) is 4.98 Å². The van der Waals surface area contributed by atoms with Gasteiger partial charge in [0.05, 0.1) is 5.69 Å². The van der Waals surface area contributed by atoms with Crippen molar-refractivity contribution >= 4 is 39.6 Å². The van der Waals surface area contributed by atoms with Gasteiger partial charge >= 0.3 is 0 Å². The highest BCUT2D eigenvalue weighted by Gasteiger charge is 2.07. The molecule has 0 aromatic carbocycles. The van der Waals surface area contributed by atoms with Crippen molar-refractivity contribution in [2.24, 2.45) is 9.98 Å². The predicted octanol–water partition coefficient (Wildman–Crippen LogP) is 4.50. The summed E-state index contributed by atoms with van der Waals surface area (Å²) in [6, 6.07) is 7.73. The SMILES string of the molecule is CC(Cl)=NC(=Nc1ccsc1C)c1cccc(C)n1. The molecular weight excluding hydrogens is 278 g/mol. The molecule has 5 heteroatoms. The maximum atomic E-state index is 5.89. The summed E-state index contributed by atoms with van der Waals surface area (Å²) in [5.74, 6) is 0.540. The van der Waals surface area contributed by atoms with Crippen LogP contribution in [-0.4, -0.2) is 16.0 Å². The van der Waals surface area contributed by atoms with Gasteiger partial charge in [-0.05, 0) is 44.4 Å². The molecule has 2 aromatic heterocycles. The summed E-state index contributed by atoms with van der Waals surface area (Å²) in [5, 5.41) is 2.45. The van der Waals surface area contributed by atoms with Crippen LogP contribution in [0, 0.1) is 13.8 Å². The first kappa shape index (κ1) is 13.9. The van der Waals surface area contributed by atoms with Crippen molar-refractivity contribution in [3.63, 3.8) is 0 Å². The third kappa shape index (κ3) is 3.72. The van der Waals surface area contributed by atoms with E-state index >= 15 is 0 Å². The number of aromatic nitrogens is 1. The van der Waals surface area contributed by atoms with Crippen LogP contribution in [0.3, 0.4) is 0 Å². The number of nitrogens with zero attached hydrogens (tertiary/aromatic N) is 3. The fourth-order valence-electron chi connectivity index (χ4n) is 1.56. The van der Waals surface area contributed by atoms with E-state index in [9.17, 15) is 0 Å². The van der Waals surface area contributed by atoms with Gasteiger partial charge in [-0.15, -0.1) is 11.3 Å². The molecule has 0 radical (unpaired) electrons. The molecule has 0 fully saturated rings. The number of thiophene rings is 1. The Hall–Kier alpha value is -1.52. The third-order valence-electron chi connectivity index (χ3n) is 2.44. The molecule has 2 aromatic rings. The molecule has 0 N–H and O–H groups in total. The summed E-state index contributed by atoms with van der Waals surface area (Å²) in [6.45, 7) is 5.70. The predicted molar refractivity (Wildman–Crippen MR) is 83.2 cm³/mol. The van der Waals surface area contributed by atoms with Gasteiger partial charge in [-0.2, -0.15) is 0 Å². The van der Waals surface area contributed by atoms with Crippen LogP contribution in [-0.2, 0) is 0 Å². The molecule has 2 heterocycles. The summed E-state index contributed by atoms with van der Waals surface area (Å²) >= 11 is 7.54. The van der Waals surface area contributed by atoms with Crippen LogP contribution in [0.1, 0.15) is 23.2 Å². The topological polar surface area (TPSA) is 37.6 Å². The van der Waals surface area contributed by atoms with Gasteiger partial charge in [-0.3, -0.25) is 0 Å². The van der Waals surface area contributed by atoms with Gasteiger partial charge < -0.3 is 0 Å². The molecule has 0 atom stereocenters. The van der Waals surface area contributed by atoms with Crippen molar-refractivity contribution in [1.29, 1.82) is 0 Å². The van der Waals surface area contributed by atoms with Crippen LogP contribution in [0.5, 0.6) is 0 Å². The Bertz CT molecular complexity index is 640. The molecular formula is C14H14ClN3S. The molecule has 0 saturated heterocycles. The van der Waals surface area contributed by atoms with E-state index in [1.54, 1.807) is 18.3 Å². The Balaban J connectivity index is 2.51. The van der Waals surface area contributed by atoms with Gasteiger partial charge in [0.1, 0.15) is 10.9 Å². The van der Waals surface area contributed by atoms with Crippen LogP contribution in [0.2, 0.25) is 0 Å². The zero-order valence-corrected chi connectivity index (χ0v) is 12.6. The van der Waals surface area contributed by atoms with Crippen LogP contribution in [0.4, 0.5) is 5.69 Å². The molecule has 0 aliphatic heterocycles. The summed E-state index contributed by atoms with van der Waals surface area (Å²) in [5.41, 5.74) is 2.56. The average molecular weight is 292 g/mol. The first-order chi connectivity index (χ1) is 9.06. The van der Waals surface area contributed by atoms with Gasteiger partial charge in [0, 0.05) is 10.6 Å². The minimum atomic E-state index is 0.440. The lowest BCUT2D eigenvalue weighted by molar-refractivity contribution is 1.17. The fraction of sp³-hybridized carbons (Fsp3) is 0.214. The quantitative estimate of drug-likeness (QED) is 0.593. The van der Waals surface area contributed by atoms with E-state index in [1.807, 2.05) is 43.5 Å². The van der Waals surface area contributed by atoms with Crippen LogP contribution in [0.15, 0.2) is 39.6 Å². The minimum Gasteiger partial charge on any atom is -0.250 e. The molecule has 0 aliphatic carbocycles. The normalized spacial score (nSPS) is 12.8. The monoisotopic (exact) mass is 291 g/mol. The molecule has 0 unspecified atom stereocenters. The number of rotatable bonds is 2. The van der Waals surface area contributed by atoms with Gasteiger partial charge in [0.25, 0.3) is 0 Å². The van der Waals surface area contributed by atoms with E-state index in [0.29, 0.717) is 11.0 Å². The van der Waals surface area contributed by atoms with E-state index < -0.39 is 0 Å². The molecule has 0 spiro atoms. The third-order valence-corrected chi connectivity index (χ3v) is 3.35. The summed E-state index contributed by atoms with van der Waals surface area (Å²) in [4.78, 5) is 14.4. The maximum Gasteiger partial charge on any atom is 0.179 e. The highest BCUT2D eigenvalue weighted by Crippen LogP contribution is 2.24. The van der Waals surface area contributed by atoms with Crippen LogP contribution >= 0.6 is 22.9 Å². The number of aliphatic imine (C=N–C) groups is 2. The second-order valence-electron chi connectivity index (χ2n) is 4.07. The largest absolute Gasteiger partial charge is 0.250 e. The van der Waals surface area contributed by atoms with Crippen molar-refractivity contribution in [3.8, 4) is 0 Å². The van der Waals surface area contributed by atoms with Gasteiger partial charge in [-0.25, -0.2) is 15.0 Å². The molecule has 98 valence electrons. The number of halogens is 1. The minimum absolute atomic E-state index is 0.440. The van der Waals surface area contributed by atoms with Crippen molar-refractivity contribution in [3.05, 3.63) is 45.9 Å². The fourth-order valence-corrected chi connectivity index (χ4v) is 2.28. The van der Waals surface area contributed by atoms with Gasteiger partial charge in [0.2, 0.25) is 0 Å². The number of hydrogen-bond donors (Lipinski definition) is 0. The van der Waals surface area contributed by atoms with Crippen LogP contribution < -0.4 is 0 Å². The second kappa shape index (κ2) is 6.08. The smallest absolute Gasteiger partial charge is 0.179 e. The van der Waals surface area contributed by atoms with Crippen LogP contribution in [0.25, 0.3) is 0 Å². The zero-order chi connectivity index (χ0) is 13.8. The molecule has 0 bridgehead atoms. The number of hydrogen-bond acceptors (Lipinski definition) is 3. The Morgan fingerprint density at radius 1 is 1.26 bits per heavy atom. The van der Waals surface area contributed by atoms with Crippen molar-refractivity contribution < 1.29 is 0 Å². The summed E-state index contributed by atoms with van der Waals surface area (Å²) in [7, 11) is 0. The number of pyridine rings is 1. The Labute approximate surface area is 121 Å². The maximum absolute atomic E-state index is 5.89. The van der Waals surface area contributed by atoms with Gasteiger partial charge in [0.15, 0.2) is 5.84 Å². The lowest BCUT2D eigenvalue weighted by Crippen LogP contribution is -2.03. The second-order valence-corrected chi connectivity index (χ2v) is 5.74. The van der Waals surface area contributed by atoms with Crippen molar-refractivity contribution in [2.45, 2.75) is 20.8 Å². The molecule has 19 heavy (non-hydrogen) atoms. The van der Waals surface area contributed by atoms with E-state index in [2.05, 4.69) is 15.0 Å². The molecule has 0 amide bonds. The molecule has 0 aliphatic rings. The highest BCUT2D eigenvalue weighted by molar-refractivity contribution is 7.10. The van der Waals surface area contributed by atoms with E-state index in [-0.39, 0.29) is 0 Å². The highest BCUT2D eigenvalue weighted by atomic mass is 35.5. The first-order valence-corrected chi connectivity index (χ1v) is 7.09. The lowest BCUT2D eigenvalue weighted by Gasteiger charge is -2.02. The molecule has 0 saturated carbocycles. The Kier molecular flexibility index (Phi) is 4.45. The van der Waals surface area contributed by atoms with Crippen molar-refractivity contribution in [2.75, 3.05) is 0 Å². The van der Waals surface area contributed by atoms with Gasteiger partial charge in [-0.1, -0.05) is 17.7 Å². The number of aryl methyl sites for hydroxylation is 2. The molecule has 2 rings (SSSR count).